The fraction of sp³-hybridized carbons (Fsp3) is 0.400. The van der Waals surface area contributed by atoms with E-state index in [1.54, 1.807) is 24.3 Å². The second-order valence-electron chi connectivity index (χ2n) is 4.62. The van der Waals surface area contributed by atoms with Gasteiger partial charge in [0, 0.05) is 5.69 Å². The van der Waals surface area contributed by atoms with Gasteiger partial charge in [-0.25, -0.2) is 0 Å². The zero-order chi connectivity index (χ0) is 16.8. The fourth-order valence-corrected chi connectivity index (χ4v) is 2.10. The number of aryl methyl sites for hydroxylation is 1. The minimum absolute atomic E-state index is 0.136. The van der Waals surface area contributed by atoms with Gasteiger partial charge in [0.2, 0.25) is 0 Å². The predicted molar refractivity (Wildman–Crippen MR) is 77.7 cm³/mol. The van der Waals surface area contributed by atoms with E-state index in [0.29, 0.717) is 5.69 Å². The summed E-state index contributed by atoms with van der Waals surface area (Å²) in [4.78, 5) is 36.2. The van der Waals surface area contributed by atoms with Gasteiger partial charge in [0.1, 0.15) is 0 Å². The summed E-state index contributed by atoms with van der Waals surface area (Å²) in [5.74, 6) is -3.04. The van der Waals surface area contributed by atoms with E-state index in [2.05, 4.69) is 14.2 Å². The second-order valence-corrected chi connectivity index (χ2v) is 4.62. The summed E-state index contributed by atoms with van der Waals surface area (Å²) < 4.78 is 13.8. The van der Waals surface area contributed by atoms with Crippen LogP contribution in [0.2, 0.25) is 0 Å². The van der Waals surface area contributed by atoms with Gasteiger partial charge in [-0.05, 0) is 30.5 Å². The first-order chi connectivity index (χ1) is 10.4. The molecule has 0 heterocycles. The quantitative estimate of drug-likeness (QED) is 0.357. The van der Waals surface area contributed by atoms with E-state index in [1.807, 2.05) is 0 Å². The van der Waals surface area contributed by atoms with Crippen molar-refractivity contribution in [3.05, 3.63) is 29.8 Å². The molecule has 0 spiro atoms. The van der Waals surface area contributed by atoms with Crippen molar-refractivity contribution in [2.45, 2.75) is 12.8 Å². The Morgan fingerprint density at radius 1 is 0.909 bits per heavy atom. The largest absolute Gasteiger partial charge is 0.468 e. The number of nitrogen functional groups attached to an aromatic ring is 1. The highest BCUT2D eigenvalue weighted by atomic mass is 16.6. The van der Waals surface area contributed by atoms with Gasteiger partial charge in [-0.1, -0.05) is 12.1 Å². The van der Waals surface area contributed by atoms with Gasteiger partial charge in [0.15, 0.2) is 0 Å². The van der Waals surface area contributed by atoms with Crippen LogP contribution in [0.3, 0.4) is 0 Å². The molecule has 0 aliphatic rings. The SMILES string of the molecule is COC(=O)C(CCc1ccc(N)cc1)(C(=O)OC)C(=O)OC. The number of hydrogen-bond donors (Lipinski definition) is 1. The van der Waals surface area contributed by atoms with E-state index in [-0.39, 0.29) is 12.8 Å². The highest BCUT2D eigenvalue weighted by molar-refractivity contribution is 6.17. The number of hydrogen-bond acceptors (Lipinski definition) is 7. The second kappa shape index (κ2) is 7.44. The van der Waals surface area contributed by atoms with Crippen molar-refractivity contribution in [3.63, 3.8) is 0 Å². The lowest BCUT2D eigenvalue weighted by molar-refractivity contribution is -0.181. The molecule has 0 fully saturated rings. The van der Waals surface area contributed by atoms with E-state index in [4.69, 9.17) is 5.73 Å². The molecular formula is C15H19NO6. The maximum absolute atomic E-state index is 12.1. The van der Waals surface area contributed by atoms with Crippen LogP contribution in [-0.2, 0) is 35.0 Å². The van der Waals surface area contributed by atoms with E-state index in [0.717, 1.165) is 26.9 Å². The van der Waals surface area contributed by atoms with Crippen molar-refractivity contribution >= 4 is 23.6 Å². The number of anilines is 1. The Balaban J connectivity index is 3.13. The molecule has 0 aliphatic heterocycles. The molecule has 0 amide bonds. The van der Waals surface area contributed by atoms with Crippen molar-refractivity contribution in [1.29, 1.82) is 0 Å². The minimum atomic E-state index is -2.14. The van der Waals surface area contributed by atoms with Gasteiger partial charge >= 0.3 is 17.9 Å². The summed E-state index contributed by atoms with van der Waals surface area (Å²) in [6.07, 6.45) is 0.127. The van der Waals surface area contributed by atoms with Crippen LogP contribution in [-0.4, -0.2) is 39.2 Å². The molecule has 0 bridgehead atoms. The Kier molecular flexibility index (Phi) is 5.91. The molecule has 7 heteroatoms. The molecule has 0 aromatic heterocycles. The first kappa shape index (κ1) is 17.5. The monoisotopic (exact) mass is 309 g/mol. The van der Waals surface area contributed by atoms with Crippen molar-refractivity contribution in [3.8, 4) is 0 Å². The third-order valence-electron chi connectivity index (χ3n) is 3.37. The number of carbonyl (C=O) groups excluding carboxylic acids is 3. The van der Waals surface area contributed by atoms with E-state index < -0.39 is 23.3 Å². The molecule has 0 radical (unpaired) electrons. The Morgan fingerprint density at radius 3 is 1.68 bits per heavy atom. The third-order valence-corrected chi connectivity index (χ3v) is 3.37. The first-order valence-electron chi connectivity index (χ1n) is 6.52. The summed E-state index contributed by atoms with van der Waals surface area (Å²) in [6, 6.07) is 6.86. The van der Waals surface area contributed by atoms with Crippen molar-refractivity contribution in [2.24, 2.45) is 5.41 Å². The molecule has 1 aromatic rings. The normalized spacial score (nSPS) is 10.7. The van der Waals surface area contributed by atoms with E-state index in [9.17, 15) is 14.4 Å². The minimum Gasteiger partial charge on any atom is -0.468 e. The van der Waals surface area contributed by atoms with Crippen LogP contribution in [0.15, 0.2) is 24.3 Å². The van der Waals surface area contributed by atoms with Crippen LogP contribution < -0.4 is 5.73 Å². The number of esters is 3. The lowest BCUT2D eigenvalue weighted by atomic mass is 9.81. The molecule has 7 nitrogen and oxygen atoms in total. The highest BCUT2D eigenvalue weighted by Gasteiger charge is 2.56. The van der Waals surface area contributed by atoms with Crippen LogP contribution in [0.4, 0.5) is 5.69 Å². The molecular weight excluding hydrogens is 290 g/mol. The van der Waals surface area contributed by atoms with Crippen LogP contribution in [0.1, 0.15) is 12.0 Å². The number of methoxy groups -OCH3 is 3. The Morgan fingerprint density at radius 2 is 1.32 bits per heavy atom. The van der Waals surface area contributed by atoms with Gasteiger partial charge in [0.25, 0.3) is 5.41 Å². The molecule has 0 aliphatic carbocycles. The van der Waals surface area contributed by atoms with Gasteiger partial charge in [-0.15, -0.1) is 0 Å². The molecule has 0 unspecified atom stereocenters. The summed E-state index contributed by atoms with van der Waals surface area (Å²) in [6.45, 7) is 0. The number of carbonyl (C=O) groups is 3. The van der Waals surface area contributed by atoms with Crippen LogP contribution in [0, 0.1) is 5.41 Å². The van der Waals surface area contributed by atoms with Crippen molar-refractivity contribution in [1.82, 2.24) is 0 Å². The average molecular weight is 309 g/mol. The summed E-state index contributed by atoms with van der Waals surface area (Å²) in [5.41, 5.74) is 4.84. The first-order valence-corrected chi connectivity index (χ1v) is 6.52. The van der Waals surface area contributed by atoms with Crippen LogP contribution >= 0.6 is 0 Å². The zero-order valence-electron chi connectivity index (χ0n) is 12.8. The Hall–Kier alpha value is -2.57. The van der Waals surface area contributed by atoms with Gasteiger partial charge in [0.05, 0.1) is 21.3 Å². The molecule has 1 aromatic carbocycles. The molecule has 22 heavy (non-hydrogen) atoms. The lowest BCUT2D eigenvalue weighted by Gasteiger charge is -2.25. The zero-order valence-corrected chi connectivity index (χ0v) is 12.8. The lowest BCUT2D eigenvalue weighted by Crippen LogP contribution is -2.49. The predicted octanol–water partition coefficient (Wildman–Crippen LogP) is 0.707. The molecule has 120 valence electrons. The van der Waals surface area contributed by atoms with Gasteiger partial charge in [-0.2, -0.15) is 0 Å². The summed E-state index contributed by atoms with van der Waals surface area (Å²) >= 11 is 0. The fourth-order valence-electron chi connectivity index (χ4n) is 2.10. The maximum atomic E-state index is 12.1. The standard InChI is InChI=1S/C15H19NO6/c1-20-12(17)15(13(18)21-2,14(19)22-3)9-8-10-4-6-11(16)7-5-10/h4-7H,8-9,16H2,1-3H3. The molecule has 2 N–H and O–H groups in total. The molecule has 1 rings (SSSR count). The summed E-state index contributed by atoms with van der Waals surface area (Å²) in [5, 5.41) is 0. The number of benzene rings is 1. The Labute approximate surface area is 128 Å². The number of ether oxygens (including phenoxy) is 3. The average Bonchev–Trinajstić information content (AvgIpc) is 2.55. The van der Waals surface area contributed by atoms with Crippen LogP contribution in [0.5, 0.6) is 0 Å². The van der Waals surface area contributed by atoms with E-state index >= 15 is 0 Å². The van der Waals surface area contributed by atoms with Gasteiger partial charge < -0.3 is 19.9 Å². The molecule has 0 saturated carbocycles. The van der Waals surface area contributed by atoms with Gasteiger partial charge in [-0.3, -0.25) is 14.4 Å². The third kappa shape index (κ3) is 3.36. The Bertz CT molecular complexity index is 511. The van der Waals surface area contributed by atoms with Crippen molar-refractivity contribution in [2.75, 3.05) is 27.1 Å². The smallest absolute Gasteiger partial charge is 0.334 e. The van der Waals surface area contributed by atoms with E-state index in [1.165, 1.54) is 0 Å². The highest BCUT2D eigenvalue weighted by Crippen LogP contribution is 2.30. The maximum Gasteiger partial charge on any atom is 0.334 e. The topological polar surface area (TPSA) is 105 Å². The molecule has 0 saturated heterocycles. The summed E-state index contributed by atoms with van der Waals surface area (Å²) in [7, 11) is 3.27. The molecule has 0 atom stereocenters. The van der Waals surface area contributed by atoms with Crippen molar-refractivity contribution < 1.29 is 28.6 Å². The number of rotatable bonds is 6. The van der Waals surface area contributed by atoms with Crippen LogP contribution in [0.25, 0.3) is 0 Å². The number of nitrogens with two attached hydrogens (primary N) is 1.